The Labute approximate surface area is 153 Å². The Bertz CT molecular complexity index is 707. The van der Waals surface area contributed by atoms with E-state index in [1.807, 2.05) is 11.0 Å². The van der Waals surface area contributed by atoms with E-state index < -0.39 is 0 Å². The van der Waals surface area contributed by atoms with Crippen molar-refractivity contribution in [1.82, 2.24) is 14.8 Å². The van der Waals surface area contributed by atoms with Crippen LogP contribution in [0.25, 0.3) is 0 Å². The Morgan fingerprint density at radius 3 is 2.62 bits per heavy atom. The average Bonchev–Trinajstić information content (AvgIpc) is 3.37. The van der Waals surface area contributed by atoms with Gasteiger partial charge >= 0.3 is 0 Å². The highest BCUT2D eigenvalue weighted by molar-refractivity contribution is 5.97. The molecule has 0 saturated carbocycles. The van der Waals surface area contributed by atoms with Crippen molar-refractivity contribution in [3.63, 3.8) is 0 Å². The number of fused-ring (bicyclic) bond motifs is 1. The summed E-state index contributed by atoms with van der Waals surface area (Å²) in [6.45, 7) is 2.81. The molecule has 26 heavy (non-hydrogen) atoms. The molecule has 1 aromatic rings. The zero-order valence-corrected chi connectivity index (χ0v) is 15.2. The summed E-state index contributed by atoms with van der Waals surface area (Å²) in [7, 11) is 1.55. The molecule has 3 heterocycles. The zero-order valence-electron chi connectivity index (χ0n) is 15.2. The number of pyridine rings is 1. The molecular weight excluding hydrogens is 334 g/mol. The molecule has 0 aromatic carbocycles. The number of rotatable bonds is 3. The summed E-state index contributed by atoms with van der Waals surface area (Å²) in [5.41, 5.74) is 2.73. The molecule has 2 amide bonds. The first-order chi connectivity index (χ1) is 12.7. The van der Waals surface area contributed by atoms with Gasteiger partial charge in [-0.1, -0.05) is 0 Å². The topological polar surface area (TPSA) is 72.0 Å². The van der Waals surface area contributed by atoms with Crippen molar-refractivity contribution in [2.75, 3.05) is 39.9 Å². The Kier molecular flexibility index (Phi) is 4.80. The van der Waals surface area contributed by atoms with Crippen LogP contribution in [0.3, 0.4) is 0 Å². The normalized spacial score (nSPS) is 22.4. The summed E-state index contributed by atoms with van der Waals surface area (Å²) in [5.74, 6) is 0.410. The molecule has 0 radical (unpaired) electrons. The van der Waals surface area contributed by atoms with E-state index in [-0.39, 0.29) is 17.9 Å². The standard InChI is InChI=1S/C19H25N3O4/c1-25-17-14(12-13-4-2-5-15(13)20-17)18(23)21-7-9-22(10-8-21)19(24)16-6-3-11-26-16/h12,16H,2-11H2,1H3. The van der Waals surface area contributed by atoms with Crippen LogP contribution < -0.4 is 4.74 Å². The van der Waals surface area contributed by atoms with Crippen molar-refractivity contribution >= 4 is 11.8 Å². The lowest BCUT2D eigenvalue weighted by molar-refractivity contribution is -0.142. The molecule has 7 heteroatoms. The van der Waals surface area contributed by atoms with Crippen molar-refractivity contribution in [2.45, 2.75) is 38.2 Å². The molecule has 0 bridgehead atoms. The van der Waals surface area contributed by atoms with Crippen molar-refractivity contribution < 1.29 is 19.1 Å². The Balaban J connectivity index is 1.43. The van der Waals surface area contributed by atoms with Crippen molar-refractivity contribution in [1.29, 1.82) is 0 Å². The molecule has 0 N–H and O–H groups in total. The van der Waals surface area contributed by atoms with Gasteiger partial charge in [0.2, 0.25) is 5.88 Å². The molecule has 2 saturated heterocycles. The fourth-order valence-corrected chi connectivity index (χ4v) is 4.04. The van der Waals surface area contributed by atoms with E-state index in [1.165, 1.54) is 0 Å². The lowest BCUT2D eigenvalue weighted by Gasteiger charge is -2.35. The van der Waals surface area contributed by atoms with E-state index in [0.717, 1.165) is 43.4 Å². The minimum absolute atomic E-state index is 0.0615. The van der Waals surface area contributed by atoms with Crippen LogP contribution in [-0.4, -0.2) is 72.6 Å². The quantitative estimate of drug-likeness (QED) is 0.806. The number of carbonyl (C=O) groups excluding carboxylic acids is 2. The number of methoxy groups -OCH3 is 1. The molecule has 2 aliphatic heterocycles. The molecule has 4 rings (SSSR count). The molecule has 2 fully saturated rings. The van der Waals surface area contributed by atoms with Crippen LogP contribution in [-0.2, 0) is 22.4 Å². The summed E-state index contributed by atoms with van der Waals surface area (Å²) in [4.78, 5) is 33.6. The van der Waals surface area contributed by atoms with Gasteiger partial charge in [0, 0.05) is 38.5 Å². The van der Waals surface area contributed by atoms with Gasteiger partial charge in [0.05, 0.1) is 7.11 Å². The highest BCUT2D eigenvalue weighted by Gasteiger charge is 2.32. The van der Waals surface area contributed by atoms with Crippen molar-refractivity contribution in [3.05, 3.63) is 22.9 Å². The van der Waals surface area contributed by atoms with Gasteiger partial charge in [-0.3, -0.25) is 9.59 Å². The van der Waals surface area contributed by atoms with Gasteiger partial charge < -0.3 is 19.3 Å². The first-order valence-corrected chi connectivity index (χ1v) is 9.44. The smallest absolute Gasteiger partial charge is 0.259 e. The van der Waals surface area contributed by atoms with Crippen LogP contribution in [0.2, 0.25) is 0 Å². The highest BCUT2D eigenvalue weighted by atomic mass is 16.5. The van der Waals surface area contributed by atoms with Crippen molar-refractivity contribution in [2.24, 2.45) is 0 Å². The molecule has 7 nitrogen and oxygen atoms in total. The molecule has 1 aliphatic carbocycles. The summed E-state index contributed by atoms with van der Waals surface area (Å²) in [6, 6.07) is 1.94. The molecule has 1 unspecified atom stereocenters. The van der Waals surface area contributed by atoms with Gasteiger partial charge in [-0.05, 0) is 43.7 Å². The predicted octanol–water partition coefficient (Wildman–Crippen LogP) is 1.04. The van der Waals surface area contributed by atoms with E-state index in [1.54, 1.807) is 12.0 Å². The lowest BCUT2D eigenvalue weighted by atomic mass is 10.1. The number of piperazine rings is 1. The number of ether oxygens (including phenoxy) is 2. The van der Waals surface area contributed by atoms with Crippen LogP contribution in [0.4, 0.5) is 0 Å². The second kappa shape index (κ2) is 7.23. The minimum atomic E-state index is -0.293. The third-order valence-electron chi connectivity index (χ3n) is 5.52. The number of hydrogen-bond donors (Lipinski definition) is 0. The van der Waals surface area contributed by atoms with Gasteiger partial charge in [0.15, 0.2) is 0 Å². The van der Waals surface area contributed by atoms with Gasteiger partial charge in [-0.25, -0.2) is 4.98 Å². The van der Waals surface area contributed by atoms with Crippen molar-refractivity contribution in [3.8, 4) is 5.88 Å². The van der Waals surface area contributed by atoms with Crippen LogP contribution in [0, 0.1) is 0 Å². The third-order valence-corrected chi connectivity index (χ3v) is 5.52. The molecule has 140 valence electrons. The predicted molar refractivity (Wildman–Crippen MR) is 94.3 cm³/mol. The number of nitrogens with zero attached hydrogens (tertiary/aromatic N) is 3. The highest BCUT2D eigenvalue weighted by Crippen LogP contribution is 2.27. The van der Waals surface area contributed by atoms with E-state index >= 15 is 0 Å². The van der Waals surface area contributed by atoms with E-state index in [0.29, 0.717) is 44.2 Å². The fourth-order valence-electron chi connectivity index (χ4n) is 4.04. The molecule has 0 spiro atoms. The second-order valence-electron chi connectivity index (χ2n) is 7.12. The third kappa shape index (κ3) is 3.16. The Hall–Kier alpha value is -2.15. The fraction of sp³-hybridized carbons (Fsp3) is 0.632. The Morgan fingerprint density at radius 2 is 1.92 bits per heavy atom. The molecule has 3 aliphatic rings. The summed E-state index contributed by atoms with van der Waals surface area (Å²) in [6.07, 6.45) is 4.45. The SMILES string of the molecule is COc1nc2c(cc1C(=O)N1CCN(C(=O)C3CCCO3)CC1)CCC2. The largest absolute Gasteiger partial charge is 0.480 e. The number of carbonyl (C=O) groups is 2. The summed E-state index contributed by atoms with van der Waals surface area (Å²) >= 11 is 0. The van der Waals surface area contributed by atoms with Gasteiger partial charge in [0.25, 0.3) is 11.8 Å². The first-order valence-electron chi connectivity index (χ1n) is 9.44. The monoisotopic (exact) mass is 359 g/mol. The van der Waals surface area contributed by atoms with Crippen LogP contribution in [0.15, 0.2) is 6.07 Å². The number of amides is 2. The maximum atomic E-state index is 13.0. The van der Waals surface area contributed by atoms with E-state index in [2.05, 4.69) is 4.98 Å². The van der Waals surface area contributed by atoms with Crippen LogP contribution in [0.5, 0.6) is 5.88 Å². The molecule has 1 atom stereocenters. The summed E-state index contributed by atoms with van der Waals surface area (Å²) < 4.78 is 10.9. The number of aryl methyl sites for hydroxylation is 2. The van der Waals surface area contributed by atoms with E-state index in [4.69, 9.17) is 9.47 Å². The average molecular weight is 359 g/mol. The molecule has 1 aromatic heterocycles. The number of hydrogen-bond acceptors (Lipinski definition) is 5. The maximum Gasteiger partial charge on any atom is 0.259 e. The van der Waals surface area contributed by atoms with Crippen LogP contribution in [0.1, 0.15) is 40.9 Å². The zero-order chi connectivity index (χ0) is 18.1. The molecular formula is C19H25N3O4. The summed E-state index contributed by atoms with van der Waals surface area (Å²) in [5, 5.41) is 0. The minimum Gasteiger partial charge on any atom is -0.480 e. The number of aromatic nitrogens is 1. The lowest BCUT2D eigenvalue weighted by Crippen LogP contribution is -2.52. The second-order valence-corrected chi connectivity index (χ2v) is 7.12. The first kappa shape index (κ1) is 17.3. The van der Waals surface area contributed by atoms with Gasteiger partial charge in [-0.2, -0.15) is 0 Å². The van der Waals surface area contributed by atoms with Gasteiger partial charge in [0.1, 0.15) is 11.7 Å². The van der Waals surface area contributed by atoms with Gasteiger partial charge in [-0.15, -0.1) is 0 Å². The maximum absolute atomic E-state index is 13.0. The van der Waals surface area contributed by atoms with Crippen LogP contribution >= 0.6 is 0 Å². The Morgan fingerprint density at radius 1 is 1.15 bits per heavy atom. The van der Waals surface area contributed by atoms with E-state index in [9.17, 15) is 9.59 Å².